The molecule has 102 valence electrons. The Morgan fingerprint density at radius 2 is 1.78 bits per heavy atom. The predicted molar refractivity (Wildman–Crippen MR) is 63.4 cm³/mol. The molecule has 9 heteroatoms. The summed E-state index contributed by atoms with van der Waals surface area (Å²) in [5.41, 5.74) is 0.293. The van der Waals surface area contributed by atoms with Gasteiger partial charge in [0, 0.05) is 13.1 Å². The maximum atomic E-state index is 12.3. The molecule has 2 rings (SSSR count). The summed E-state index contributed by atoms with van der Waals surface area (Å²) < 4.78 is 53.3. The van der Waals surface area contributed by atoms with E-state index in [-0.39, 0.29) is 35.3 Å². The third-order valence-corrected chi connectivity index (χ3v) is 6.62. The van der Waals surface area contributed by atoms with Crippen molar-refractivity contribution in [2.24, 2.45) is 0 Å². The molecule has 1 saturated heterocycles. The van der Waals surface area contributed by atoms with Gasteiger partial charge in [-0.25, -0.2) is 16.8 Å². The number of aryl methyl sites for hydroxylation is 2. The molecule has 0 radical (unpaired) electrons. The molecule has 0 N–H and O–H groups in total. The quantitative estimate of drug-likeness (QED) is 0.743. The van der Waals surface area contributed by atoms with Crippen LogP contribution in [0.1, 0.15) is 11.5 Å². The van der Waals surface area contributed by atoms with E-state index in [0.717, 1.165) is 0 Å². The third-order valence-electron chi connectivity index (χ3n) is 2.87. The summed E-state index contributed by atoms with van der Waals surface area (Å²) in [4.78, 5) is 0.0433. The van der Waals surface area contributed by atoms with Crippen LogP contribution in [0.25, 0.3) is 0 Å². The Bertz CT molecular complexity index is 626. The maximum Gasteiger partial charge on any atom is 0.248 e. The molecule has 0 spiro atoms. The number of nitrogens with zero attached hydrogens (tertiary/aromatic N) is 2. The Hall–Kier alpha value is -0.930. The molecule has 7 nitrogen and oxygen atoms in total. The Balaban J connectivity index is 2.34. The standard InChI is InChI=1S/C9H14N2O5S2/c1-7-9(8(2)16-10-7)18(14,15)11-3-5-17(12,13)6-4-11/h3-6H2,1-2H3. The zero-order chi connectivity index (χ0) is 13.6. The molecule has 0 saturated carbocycles. The van der Waals surface area contributed by atoms with Gasteiger partial charge in [0.25, 0.3) is 0 Å². The van der Waals surface area contributed by atoms with Crippen LogP contribution in [0.3, 0.4) is 0 Å². The monoisotopic (exact) mass is 294 g/mol. The summed E-state index contributed by atoms with van der Waals surface area (Å²) >= 11 is 0. The second kappa shape index (κ2) is 4.32. The molecule has 18 heavy (non-hydrogen) atoms. The fourth-order valence-electron chi connectivity index (χ4n) is 1.91. The average molecular weight is 294 g/mol. The predicted octanol–water partition coefficient (Wildman–Crippen LogP) is -0.289. The Labute approximate surface area is 106 Å². The van der Waals surface area contributed by atoms with Crippen LogP contribution in [-0.4, -0.2) is 50.9 Å². The van der Waals surface area contributed by atoms with Crippen LogP contribution in [0.15, 0.2) is 9.42 Å². The van der Waals surface area contributed by atoms with Crippen LogP contribution in [-0.2, 0) is 19.9 Å². The minimum atomic E-state index is -3.72. The van der Waals surface area contributed by atoms with Gasteiger partial charge in [0.05, 0.1) is 11.5 Å². The van der Waals surface area contributed by atoms with Crippen molar-refractivity contribution in [2.45, 2.75) is 18.7 Å². The summed E-state index contributed by atoms with van der Waals surface area (Å²) in [7, 11) is -6.83. The molecule has 0 bridgehead atoms. The average Bonchev–Trinajstić information content (AvgIpc) is 2.58. The van der Waals surface area contributed by atoms with E-state index in [1.54, 1.807) is 6.92 Å². The topological polar surface area (TPSA) is 97.6 Å². The zero-order valence-corrected chi connectivity index (χ0v) is 11.7. The number of rotatable bonds is 2. The SMILES string of the molecule is Cc1noc(C)c1S(=O)(=O)N1CCS(=O)(=O)CC1. The van der Waals surface area contributed by atoms with Crippen LogP contribution in [0.4, 0.5) is 0 Å². The van der Waals surface area contributed by atoms with Crippen LogP contribution in [0.5, 0.6) is 0 Å². The molecule has 1 aromatic rings. The van der Waals surface area contributed by atoms with Gasteiger partial charge in [-0.1, -0.05) is 5.16 Å². The lowest BCUT2D eigenvalue weighted by Crippen LogP contribution is -2.43. The van der Waals surface area contributed by atoms with Gasteiger partial charge in [-0.3, -0.25) is 0 Å². The van der Waals surface area contributed by atoms with Crippen molar-refractivity contribution in [3.05, 3.63) is 11.5 Å². The van der Waals surface area contributed by atoms with Gasteiger partial charge in [-0.2, -0.15) is 4.31 Å². The lowest BCUT2D eigenvalue weighted by atomic mass is 10.4. The van der Waals surface area contributed by atoms with E-state index >= 15 is 0 Å². The van der Waals surface area contributed by atoms with Gasteiger partial charge in [-0.05, 0) is 13.8 Å². The van der Waals surface area contributed by atoms with Crippen molar-refractivity contribution in [3.63, 3.8) is 0 Å². The second-order valence-corrected chi connectivity index (χ2v) is 8.39. The van der Waals surface area contributed by atoms with Crippen molar-refractivity contribution >= 4 is 19.9 Å². The fourth-order valence-corrected chi connectivity index (χ4v) is 5.07. The van der Waals surface area contributed by atoms with Crippen LogP contribution >= 0.6 is 0 Å². The number of hydrogen-bond acceptors (Lipinski definition) is 6. The fraction of sp³-hybridized carbons (Fsp3) is 0.667. The Morgan fingerprint density at radius 3 is 2.22 bits per heavy atom. The maximum absolute atomic E-state index is 12.3. The van der Waals surface area contributed by atoms with E-state index in [1.807, 2.05) is 0 Å². The summed E-state index contributed by atoms with van der Waals surface area (Å²) in [6.07, 6.45) is 0. The number of hydrogen-bond donors (Lipinski definition) is 0. The largest absolute Gasteiger partial charge is 0.360 e. The van der Waals surface area contributed by atoms with E-state index in [1.165, 1.54) is 11.2 Å². The van der Waals surface area contributed by atoms with Gasteiger partial charge >= 0.3 is 0 Å². The Morgan fingerprint density at radius 1 is 1.22 bits per heavy atom. The molecule has 1 aromatic heterocycles. The van der Waals surface area contributed by atoms with E-state index < -0.39 is 19.9 Å². The highest BCUT2D eigenvalue weighted by Crippen LogP contribution is 2.24. The smallest absolute Gasteiger partial charge is 0.248 e. The van der Waals surface area contributed by atoms with Crippen LogP contribution in [0.2, 0.25) is 0 Å². The first-order valence-corrected chi connectivity index (χ1v) is 8.63. The first-order valence-electron chi connectivity index (χ1n) is 5.37. The van der Waals surface area contributed by atoms with Crippen molar-refractivity contribution in [3.8, 4) is 0 Å². The van der Waals surface area contributed by atoms with E-state index in [2.05, 4.69) is 5.16 Å². The van der Waals surface area contributed by atoms with Crippen molar-refractivity contribution < 1.29 is 21.4 Å². The van der Waals surface area contributed by atoms with Gasteiger partial charge in [-0.15, -0.1) is 0 Å². The zero-order valence-electron chi connectivity index (χ0n) is 10.1. The first-order chi connectivity index (χ1) is 8.24. The van der Waals surface area contributed by atoms with Gasteiger partial charge in [0.2, 0.25) is 10.0 Å². The van der Waals surface area contributed by atoms with Crippen LogP contribution < -0.4 is 0 Å². The minimum absolute atomic E-state index is 0.0191. The molecule has 0 aromatic carbocycles. The summed E-state index contributed by atoms with van der Waals surface area (Å²) in [6, 6.07) is 0. The van der Waals surface area contributed by atoms with Crippen molar-refractivity contribution in [1.29, 1.82) is 0 Å². The molecular weight excluding hydrogens is 280 g/mol. The van der Waals surface area contributed by atoms with Crippen molar-refractivity contribution in [2.75, 3.05) is 24.6 Å². The second-order valence-electron chi connectivity index (χ2n) is 4.21. The van der Waals surface area contributed by atoms with Crippen molar-refractivity contribution in [1.82, 2.24) is 9.46 Å². The summed E-state index contributed by atoms with van der Waals surface area (Å²) in [6.45, 7) is 3.03. The van der Waals surface area contributed by atoms with E-state index in [9.17, 15) is 16.8 Å². The van der Waals surface area contributed by atoms with Gasteiger partial charge < -0.3 is 4.52 Å². The molecule has 1 fully saturated rings. The van der Waals surface area contributed by atoms with Gasteiger partial charge in [0.15, 0.2) is 15.6 Å². The van der Waals surface area contributed by atoms with Gasteiger partial charge in [0.1, 0.15) is 10.6 Å². The molecule has 0 atom stereocenters. The van der Waals surface area contributed by atoms with E-state index in [0.29, 0.717) is 5.69 Å². The summed E-state index contributed by atoms with van der Waals surface area (Å²) in [5, 5.41) is 3.61. The lowest BCUT2D eigenvalue weighted by molar-refractivity contribution is 0.389. The Kier molecular flexibility index (Phi) is 3.24. The normalized spacial score (nSPS) is 21.0. The first kappa shape index (κ1) is 13.5. The highest BCUT2D eigenvalue weighted by molar-refractivity contribution is 7.92. The highest BCUT2D eigenvalue weighted by atomic mass is 32.2. The molecule has 0 unspecified atom stereocenters. The van der Waals surface area contributed by atoms with E-state index in [4.69, 9.17) is 4.52 Å². The molecule has 0 aliphatic carbocycles. The molecular formula is C9H14N2O5S2. The minimum Gasteiger partial charge on any atom is -0.360 e. The number of sulfone groups is 1. The highest BCUT2D eigenvalue weighted by Gasteiger charge is 2.34. The van der Waals surface area contributed by atoms with Crippen LogP contribution in [0, 0.1) is 13.8 Å². The summed E-state index contributed by atoms with van der Waals surface area (Å²) in [5.74, 6) is -0.0634. The lowest BCUT2D eigenvalue weighted by Gasteiger charge is -2.25. The number of aromatic nitrogens is 1. The third kappa shape index (κ3) is 2.29. The molecule has 1 aliphatic rings. The molecule has 1 aliphatic heterocycles. The number of sulfonamides is 1. The molecule has 2 heterocycles. The molecule has 0 amide bonds.